The molecule has 0 unspecified atom stereocenters. The Bertz CT molecular complexity index is 935. The molecule has 0 amide bonds. The monoisotopic (exact) mass is 363 g/mol. The number of halogens is 2. The van der Waals surface area contributed by atoms with Gasteiger partial charge in [-0.05, 0) is 42.7 Å². The number of carbonyl (C=O) groups is 1. The Hall–Kier alpha value is -2.11. The van der Waals surface area contributed by atoms with Crippen LogP contribution in [0.25, 0.3) is 16.7 Å². The second kappa shape index (κ2) is 6.42. The third-order valence-corrected chi connectivity index (χ3v) is 4.09. The summed E-state index contributed by atoms with van der Waals surface area (Å²) in [6.07, 6.45) is 0.685. The molecule has 0 saturated carbocycles. The fourth-order valence-corrected chi connectivity index (χ4v) is 3.03. The Kier molecular flexibility index (Phi) is 4.47. The van der Waals surface area contributed by atoms with E-state index in [0.29, 0.717) is 39.1 Å². The first kappa shape index (κ1) is 16.7. The molecule has 0 radical (unpaired) electrons. The number of hydrogen-bond acceptors (Lipinski definition) is 3. The van der Waals surface area contributed by atoms with E-state index in [4.69, 9.17) is 23.2 Å². The number of pyridine rings is 1. The van der Waals surface area contributed by atoms with Gasteiger partial charge in [0.2, 0.25) is 0 Å². The standard InChI is InChI=1S/C17H15Cl2N3O2/c1-9(2)7-13-16-15(6-4-12(20-16)17(23)24)22(21-13)14-5-3-10(18)8-11(14)19/h3-6,8-9H,7H2,1-2H3,(H,23,24). The number of aromatic carboxylic acids is 1. The molecule has 124 valence electrons. The zero-order valence-electron chi connectivity index (χ0n) is 13.1. The molecule has 0 aliphatic carbocycles. The van der Waals surface area contributed by atoms with Gasteiger partial charge in [-0.1, -0.05) is 37.0 Å². The second-order valence-corrected chi connectivity index (χ2v) is 6.77. The average Bonchev–Trinajstić information content (AvgIpc) is 2.84. The molecule has 2 heterocycles. The van der Waals surface area contributed by atoms with Gasteiger partial charge in [0.25, 0.3) is 0 Å². The van der Waals surface area contributed by atoms with Crippen molar-refractivity contribution < 1.29 is 9.90 Å². The number of rotatable bonds is 4. The summed E-state index contributed by atoms with van der Waals surface area (Å²) in [7, 11) is 0. The number of benzene rings is 1. The fraction of sp³-hybridized carbons (Fsp3) is 0.235. The minimum absolute atomic E-state index is 0.00532. The first-order chi connectivity index (χ1) is 11.4. The second-order valence-electron chi connectivity index (χ2n) is 5.92. The van der Waals surface area contributed by atoms with Gasteiger partial charge in [-0.25, -0.2) is 14.5 Å². The van der Waals surface area contributed by atoms with E-state index >= 15 is 0 Å². The Labute approximate surface area is 148 Å². The first-order valence-electron chi connectivity index (χ1n) is 7.44. The summed E-state index contributed by atoms with van der Waals surface area (Å²) < 4.78 is 1.68. The summed E-state index contributed by atoms with van der Waals surface area (Å²) in [5.41, 5.74) is 2.70. The van der Waals surface area contributed by atoms with Crippen LogP contribution < -0.4 is 0 Å². The molecule has 2 aromatic heterocycles. The van der Waals surface area contributed by atoms with Crippen molar-refractivity contribution >= 4 is 40.2 Å². The lowest BCUT2D eigenvalue weighted by atomic mass is 10.1. The summed E-state index contributed by atoms with van der Waals surface area (Å²) in [5.74, 6) is -0.711. The Morgan fingerprint density at radius 2 is 2.00 bits per heavy atom. The highest BCUT2D eigenvalue weighted by atomic mass is 35.5. The van der Waals surface area contributed by atoms with Crippen LogP contribution in [0.5, 0.6) is 0 Å². The maximum Gasteiger partial charge on any atom is 0.354 e. The molecule has 3 aromatic rings. The molecule has 7 heteroatoms. The molecule has 0 aliphatic heterocycles. The number of hydrogen-bond donors (Lipinski definition) is 1. The zero-order chi connectivity index (χ0) is 17.4. The maximum absolute atomic E-state index is 11.2. The molecule has 0 fully saturated rings. The molecule has 0 spiro atoms. The summed E-state index contributed by atoms with van der Waals surface area (Å²) in [6, 6.07) is 8.32. The Morgan fingerprint density at radius 3 is 2.62 bits per heavy atom. The van der Waals surface area contributed by atoms with Gasteiger partial charge in [0.1, 0.15) is 11.2 Å². The lowest BCUT2D eigenvalue weighted by Crippen LogP contribution is -2.01. The largest absolute Gasteiger partial charge is 0.477 e. The normalized spacial score (nSPS) is 11.4. The highest BCUT2D eigenvalue weighted by molar-refractivity contribution is 6.35. The Morgan fingerprint density at radius 1 is 1.25 bits per heavy atom. The van der Waals surface area contributed by atoms with Gasteiger partial charge >= 0.3 is 5.97 Å². The third kappa shape index (κ3) is 3.09. The van der Waals surface area contributed by atoms with Crippen LogP contribution >= 0.6 is 23.2 Å². The van der Waals surface area contributed by atoms with Gasteiger partial charge in [-0.3, -0.25) is 0 Å². The SMILES string of the molecule is CC(C)Cc1nn(-c2ccc(Cl)cc2Cl)c2ccc(C(=O)O)nc12. The lowest BCUT2D eigenvalue weighted by molar-refractivity contribution is 0.0691. The minimum atomic E-state index is -1.07. The van der Waals surface area contributed by atoms with Gasteiger partial charge in [0, 0.05) is 5.02 Å². The third-order valence-electron chi connectivity index (χ3n) is 3.55. The molecule has 3 rings (SSSR count). The quantitative estimate of drug-likeness (QED) is 0.733. The summed E-state index contributed by atoms with van der Waals surface area (Å²) in [5, 5.41) is 14.8. The number of carboxylic acids is 1. The number of carboxylic acid groups (broad SMARTS) is 1. The number of fused-ring (bicyclic) bond motifs is 1. The zero-order valence-corrected chi connectivity index (χ0v) is 14.6. The van der Waals surface area contributed by atoms with Crippen molar-refractivity contribution in [2.45, 2.75) is 20.3 Å². The van der Waals surface area contributed by atoms with Crippen LogP contribution in [0, 0.1) is 5.92 Å². The van der Waals surface area contributed by atoms with E-state index in [1.54, 1.807) is 28.9 Å². The van der Waals surface area contributed by atoms with Crippen LogP contribution in [0.3, 0.4) is 0 Å². The maximum atomic E-state index is 11.2. The van der Waals surface area contributed by atoms with Crippen LogP contribution in [0.1, 0.15) is 30.0 Å². The molecule has 1 N–H and O–H groups in total. The van der Waals surface area contributed by atoms with E-state index in [-0.39, 0.29) is 5.69 Å². The molecule has 24 heavy (non-hydrogen) atoms. The fourth-order valence-electron chi connectivity index (χ4n) is 2.54. The molecular formula is C17H15Cl2N3O2. The number of nitrogens with zero attached hydrogens (tertiary/aromatic N) is 3. The van der Waals surface area contributed by atoms with Crippen molar-refractivity contribution in [2.24, 2.45) is 5.92 Å². The Balaban J connectivity index is 2.26. The van der Waals surface area contributed by atoms with Crippen molar-refractivity contribution in [3.63, 3.8) is 0 Å². The van der Waals surface area contributed by atoms with Gasteiger partial charge in [-0.2, -0.15) is 5.10 Å². The summed E-state index contributed by atoms with van der Waals surface area (Å²) in [6.45, 7) is 4.14. The molecular weight excluding hydrogens is 349 g/mol. The van der Waals surface area contributed by atoms with E-state index < -0.39 is 5.97 Å². The van der Waals surface area contributed by atoms with Crippen molar-refractivity contribution in [3.05, 3.63) is 51.8 Å². The van der Waals surface area contributed by atoms with E-state index in [1.807, 2.05) is 0 Å². The van der Waals surface area contributed by atoms with E-state index in [2.05, 4.69) is 23.9 Å². The van der Waals surface area contributed by atoms with Crippen molar-refractivity contribution in [3.8, 4) is 5.69 Å². The predicted molar refractivity (Wildman–Crippen MR) is 94.4 cm³/mol. The highest BCUT2D eigenvalue weighted by Gasteiger charge is 2.18. The minimum Gasteiger partial charge on any atom is -0.477 e. The van der Waals surface area contributed by atoms with Crippen molar-refractivity contribution in [1.29, 1.82) is 0 Å². The summed E-state index contributed by atoms with van der Waals surface area (Å²) in [4.78, 5) is 15.5. The van der Waals surface area contributed by atoms with Gasteiger partial charge in [-0.15, -0.1) is 0 Å². The van der Waals surface area contributed by atoms with E-state index in [9.17, 15) is 9.90 Å². The summed E-state index contributed by atoms with van der Waals surface area (Å²) >= 11 is 12.3. The molecule has 0 bridgehead atoms. The smallest absolute Gasteiger partial charge is 0.354 e. The predicted octanol–water partition coefficient (Wildman–Crippen LogP) is 4.62. The van der Waals surface area contributed by atoms with Crippen LogP contribution in [-0.4, -0.2) is 25.8 Å². The molecule has 0 aliphatic rings. The highest BCUT2D eigenvalue weighted by Crippen LogP contribution is 2.29. The van der Waals surface area contributed by atoms with Crippen molar-refractivity contribution in [1.82, 2.24) is 14.8 Å². The van der Waals surface area contributed by atoms with Gasteiger partial charge < -0.3 is 5.11 Å². The molecule has 0 atom stereocenters. The molecule has 1 aromatic carbocycles. The van der Waals surface area contributed by atoms with Crippen LogP contribution in [-0.2, 0) is 6.42 Å². The van der Waals surface area contributed by atoms with Gasteiger partial charge in [0.05, 0.1) is 21.9 Å². The van der Waals surface area contributed by atoms with E-state index in [1.165, 1.54) is 6.07 Å². The topological polar surface area (TPSA) is 68.0 Å². The first-order valence-corrected chi connectivity index (χ1v) is 8.19. The average molecular weight is 364 g/mol. The van der Waals surface area contributed by atoms with Crippen molar-refractivity contribution in [2.75, 3.05) is 0 Å². The molecule has 0 saturated heterocycles. The lowest BCUT2D eigenvalue weighted by Gasteiger charge is -2.06. The van der Waals surface area contributed by atoms with E-state index in [0.717, 1.165) is 5.69 Å². The van der Waals surface area contributed by atoms with Crippen LogP contribution in [0.4, 0.5) is 0 Å². The van der Waals surface area contributed by atoms with Crippen LogP contribution in [0.2, 0.25) is 10.0 Å². The number of aromatic nitrogens is 3. The molecule has 5 nitrogen and oxygen atoms in total. The van der Waals surface area contributed by atoms with Gasteiger partial charge in [0.15, 0.2) is 0 Å². The van der Waals surface area contributed by atoms with Crippen LogP contribution in [0.15, 0.2) is 30.3 Å².